The van der Waals surface area contributed by atoms with Crippen molar-refractivity contribution >= 4 is 17.8 Å². The first kappa shape index (κ1) is 17.7. The van der Waals surface area contributed by atoms with Crippen LogP contribution < -0.4 is 10.6 Å². The Morgan fingerprint density at radius 2 is 1.65 bits per heavy atom. The molecular weight excluding hydrogens is 330 g/mol. The van der Waals surface area contributed by atoms with Gasteiger partial charge >= 0.3 is 6.03 Å². The number of carbonyl (C=O) groups excluding carboxylic acids is 3. The molecule has 134 valence electrons. The number of carbonyl (C=O) groups is 3. The van der Waals surface area contributed by atoms with Crippen LogP contribution >= 0.6 is 0 Å². The number of nitrogens with zero attached hydrogens (tertiary/aromatic N) is 1. The highest BCUT2D eigenvalue weighted by Gasteiger charge is 2.49. The van der Waals surface area contributed by atoms with Crippen molar-refractivity contribution < 1.29 is 14.4 Å². The van der Waals surface area contributed by atoms with Crippen molar-refractivity contribution in [1.82, 2.24) is 15.5 Å². The molecule has 6 nitrogen and oxygen atoms in total. The lowest BCUT2D eigenvalue weighted by Crippen LogP contribution is -2.43. The van der Waals surface area contributed by atoms with Gasteiger partial charge in [-0.15, -0.1) is 0 Å². The zero-order valence-electron chi connectivity index (χ0n) is 14.6. The number of benzene rings is 2. The van der Waals surface area contributed by atoms with E-state index in [4.69, 9.17) is 0 Å². The maximum atomic E-state index is 12.7. The molecule has 1 fully saturated rings. The van der Waals surface area contributed by atoms with Gasteiger partial charge < -0.3 is 10.6 Å². The van der Waals surface area contributed by atoms with Crippen LogP contribution in [0.4, 0.5) is 4.79 Å². The van der Waals surface area contributed by atoms with Gasteiger partial charge in [0.15, 0.2) is 0 Å². The van der Waals surface area contributed by atoms with E-state index in [9.17, 15) is 14.4 Å². The summed E-state index contributed by atoms with van der Waals surface area (Å²) in [6, 6.07) is 18.2. The molecule has 6 heteroatoms. The second-order valence-electron chi connectivity index (χ2n) is 6.40. The van der Waals surface area contributed by atoms with E-state index in [1.807, 2.05) is 36.4 Å². The lowest BCUT2D eigenvalue weighted by molar-refractivity contribution is -0.134. The van der Waals surface area contributed by atoms with Gasteiger partial charge in [0.05, 0.1) is 0 Å². The van der Waals surface area contributed by atoms with Gasteiger partial charge in [-0.3, -0.25) is 14.5 Å². The van der Waals surface area contributed by atoms with E-state index < -0.39 is 17.5 Å². The number of imide groups is 1. The highest BCUT2D eigenvalue weighted by molar-refractivity contribution is 6.09. The molecule has 2 aromatic rings. The van der Waals surface area contributed by atoms with E-state index in [0.717, 1.165) is 10.5 Å². The molecule has 0 aliphatic carbocycles. The first-order chi connectivity index (χ1) is 12.5. The number of urea groups is 1. The van der Waals surface area contributed by atoms with Crippen LogP contribution in [0.2, 0.25) is 0 Å². The number of amides is 4. The molecule has 4 amide bonds. The van der Waals surface area contributed by atoms with Crippen molar-refractivity contribution in [3.63, 3.8) is 0 Å². The Morgan fingerprint density at radius 1 is 1.04 bits per heavy atom. The topological polar surface area (TPSA) is 78.5 Å². The maximum Gasteiger partial charge on any atom is 0.325 e. The zero-order chi connectivity index (χ0) is 18.6. The SMILES string of the molecule is C[C@]1(c2ccccc2)NC(=O)N(CC(=O)NCCc2ccccc2)C1=O. The van der Waals surface area contributed by atoms with Gasteiger partial charge in [-0.05, 0) is 24.5 Å². The summed E-state index contributed by atoms with van der Waals surface area (Å²) in [7, 11) is 0. The van der Waals surface area contributed by atoms with Crippen molar-refractivity contribution in [3.05, 3.63) is 71.8 Å². The number of nitrogens with one attached hydrogen (secondary N) is 2. The molecule has 1 aliphatic rings. The Balaban J connectivity index is 1.58. The molecule has 1 atom stereocenters. The number of rotatable bonds is 6. The summed E-state index contributed by atoms with van der Waals surface area (Å²) in [6.07, 6.45) is 0.689. The third kappa shape index (κ3) is 3.59. The molecule has 0 spiro atoms. The smallest absolute Gasteiger partial charge is 0.325 e. The van der Waals surface area contributed by atoms with Crippen LogP contribution in [0.5, 0.6) is 0 Å². The van der Waals surface area contributed by atoms with Crippen LogP contribution in [0.25, 0.3) is 0 Å². The normalized spacial score (nSPS) is 19.3. The van der Waals surface area contributed by atoms with E-state index in [2.05, 4.69) is 10.6 Å². The van der Waals surface area contributed by atoms with Gasteiger partial charge in [-0.25, -0.2) is 4.79 Å². The van der Waals surface area contributed by atoms with Crippen molar-refractivity contribution in [2.75, 3.05) is 13.1 Å². The summed E-state index contributed by atoms with van der Waals surface area (Å²) in [5, 5.41) is 5.44. The molecule has 2 aromatic carbocycles. The average molecular weight is 351 g/mol. The fourth-order valence-corrected chi connectivity index (χ4v) is 3.00. The molecule has 26 heavy (non-hydrogen) atoms. The minimum Gasteiger partial charge on any atom is -0.354 e. The van der Waals surface area contributed by atoms with E-state index >= 15 is 0 Å². The highest BCUT2D eigenvalue weighted by Crippen LogP contribution is 2.28. The highest BCUT2D eigenvalue weighted by atomic mass is 16.2. The van der Waals surface area contributed by atoms with Gasteiger partial charge in [-0.2, -0.15) is 0 Å². The van der Waals surface area contributed by atoms with E-state index in [-0.39, 0.29) is 12.5 Å². The van der Waals surface area contributed by atoms with Gasteiger partial charge in [0, 0.05) is 6.54 Å². The Bertz CT molecular complexity index is 808. The maximum absolute atomic E-state index is 12.7. The quantitative estimate of drug-likeness (QED) is 0.779. The van der Waals surface area contributed by atoms with Crippen LogP contribution in [0.3, 0.4) is 0 Å². The Kier molecular flexibility index (Phi) is 5.02. The average Bonchev–Trinajstić information content (AvgIpc) is 2.87. The van der Waals surface area contributed by atoms with E-state index in [1.54, 1.807) is 31.2 Å². The predicted octanol–water partition coefficient (Wildman–Crippen LogP) is 1.81. The third-order valence-electron chi connectivity index (χ3n) is 4.51. The summed E-state index contributed by atoms with van der Waals surface area (Å²) in [6.45, 7) is 1.81. The summed E-state index contributed by atoms with van der Waals surface area (Å²) >= 11 is 0. The molecular formula is C20H21N3O3. The van der Waals surface area contributed by atoms with Crippen LogP contribution in [-0.2, 0) is 21.5 Å². The molecule has 0 bridgehead atoms. The summed E-state index contributed by atoms with van der Waals surface area (Å²) < 4.78 is 0. The number of hydrogen-bond acceptors (Lipinski definition) is 3. The molecule has 2 N–H and O–H groups in total. The predicted molar refractivity (Wildman–Crippen MR) is 97.2 cm³/mol. The van der Waals surface area contributed by atoms with Crippen molar-refractivity contribution in [1.29, 1.82) is 0 Å². The van der Waals surface area contributed by atoms with Crippen molar-refractivity contribution in [2.45, 2.75) is 18.9 Å². The standard InChI is InChI=1S/C20H21N3O3/c1-20(16-10-6-3-7-11-16)18(25)23(19(26)22-20)14-17(24)21-13-12-15-8-4-2-5-9-15/h2-11H,12-14H2,1H3,(H,21,24)(H,22,26)/t20-/m1/s1. The first-order valence-electron chi connectivity index (χ1n) is 8.51. The fraction of sp³-hybridized carbons (Fsp3) is 0.250. The van der Waals surface area contributed by atoms with Crippen molar-refractivity contribution in [2.24, 2.45) is 0 Å². The zero-order valence-corrected chi connectivity index (χ0v) is 14.6. The van der Waals surface area contributed by atoms with Gasteiger partial charge in [0.1, 0.15) is 12.1 Å². The van der Waals surface area contributed by atoms with Gasteiger partial charge in [-0.1, -0.05) is 60.7 Å². The molecule has 1 saturated heterocycles. The summed E-state index contributed by atoms with van der Waals surface area (Å²) in [5.74, 6) is -0.784. The molecule has 0 radical (unpaired) electrons. The minimum atomic E-state index is -1.15. The molecule has 0 aromatic heterocycles. The molecule has 0 saturated carbocycles. The van der Waals surface area contributed by atoms with Crippen molar-refractivity contribution in [3.8, 4) is 0 Å². The van der Waals surface area contributed by atoms with Crippen LogP contribution in [-0.4, -0.2) is 35.8 Å². The Morgan fingerprint density at radius 3 is 2.31 bits per heavy atom. The third-order valence-corrected chi connectivity index (χ3v) is 4.51. The lowest BCUT2D eigenvalue weighted by atomic mass is 9.92. The molecule has 3 rings (SSSR count). The monoisotopic (exact) mass is 351 g/mol. The molecule has 1 heterocycles. The fourth-order valence-electron chi connectivity index (χ4n) is 3.00. The molecule has 1 aliphatic heterocycles. The summed E-state index contributed by atoms with van der Waals surface area (Å²) in [4.78, 5) is 38.1. The van der Waals surface area contributed by atoms with Crippen LogP contribution in [0.1, 0.15) is 18.1 Å². The van der Waals surface area contributed by atoms with Crippen LogP contribution in [0, 0.1) is 0 Å². The van der Waals surface area contributed by atoms with E-state index in [0.29, 0.717) is 18.5 Å². The number of hydrogen-bond donors (Lipinski definition) is 2. The van der Waals surface area contributed by atoms with Crippen LogP contribution in [0.15, 0.2) is 60.7 Å². The van der Waals surface area contributed by atoms with Gasteiger partial charge in [0.2, 0.25) is 5.91 Å². The molecule has 0 unspecified atom stereocenters. The Hall–Kier alpha value is -3.15. The lowest BCUT2D eigenvalue weighted by Gasteiger charge is -2.22. The van der Waals surface area contributed by atoms with E-state index in [1.165, 1.54) is 0 Å². The Labute approximate surface area is 152 Å². The first-order valence-corrected chi connectivity index (χ1v) is 8.51. The summed E-state index contributed by atoms with van der Waals surface area (Å²) in [5.41, 5.74) is 0.646. The minimum absolute atomic E-state index is 0.290. The van der Waals surface area contributed by atoms with Gasteiger partial charge in [0.25, 0.3) is 5.91 Å². The largest absolute Gasteiger partial charge is 0.354 e. The second-order valence-corrected chi connectivity index (χ2v) is 6.40. The second kappa shape index (κ2) is 7.39.